The number of aromatic nitrogens is 1. The van der Waals surface area contributed by atoms with E-state index in [1.165, 1.54) is 11.9 Å². The van der Waals surface area contributed by atoms with Crippen LogP contribution in [0.3, 0.4) is 0 Å². The summed E-state index contributed by atoms with van der Waals surface area (Å²) in [5.74, 6) is -1.17. The number of amides is 2. The zero-order chi connectivity index (χ0) is 22.2. The van der Waals surface area contributed by atoms with E-state index in [2.05, 4.69) is 10.3 Å². The molecule has 162 valence electrons. The molecule has 3 rings (SSSR count). The van der Waals surface area contributed by atoms with Crippen LogP contribution in [0, 0.1) is 6.92 Å². The first-order chi connectivity index (χ1) is 14.9. The van der Waals surface area contributed by atoms with Crippen LogP contribution in [0.5, 0.6) is 0 Å². The van der Waals surface area contributed by atoms with Gasteiger partial charge >= 0.3 is 5.97 Å². The molecule has 2 N–H and O–H groups in total. The van der Waals surface area contributed by atoms with E-state index in [1.54, 1.807) is 12.1 Å². The first kappa shape index (κ1) is 22.1. The maximum absolute atomic E-state index is 12.2. The van der Waals surface area contributed by atoms with Crippen molar-refractivity contribution in [3.05, 3.63) is 65.9 Å². The fourth-order valence-electron chi connectivity index (χ4n) is 3.23. The van der Waals surface area contributed by atoms with Crippen LogP contribution in [-0.4, -0.2) is 47.9 Å². The molecule has 0 aliphatic carbocycles. The van der Waals surface area contributed by atoms with Crippen LogP contribution in [0.1, 0.15) is 24.0 Å². The number of anilines is 1. The molecule has 7 nitrogen and oxygen atoms in total. The van der Waals surface area contributed by atoms with Gasteiger partial charge in [-0.3, -0.25) is 14.4 Å². The van der Waals surface area contributed by atoms with Crippen molar-refractivity contribution in [2.45, 2.75) is 26.2 Å². The largest absolute Gasteiger partial charge is 0.456 e. The molecule has 1 heterocycles. The summed E-state index contributed by atoms with van der Waals surface area (Å²) in [6.07, 6.45) is 3.55. The van der Waals surface area contributed by atoms with Gasteiger partial charge in [0.1, 0.15) is 0 Å². The van der Waals surface area contributed by atoms with E-state index >= 15 is 0 Å². The number of H-pyrrole nitrogens is 1. The zero-order valence-corrected chi connectivity index (χ0v) is 17.8. The van der Waals surface area contributed by atoms with Crippen LogP contribution >= 0.6 is 0 Å². The van der Waals surface area contributed by atoms with Crippen molar-refractivity contribution in [2.24, 2.45) is 0 Å². The fraction of sp³-hybridized carbons (Fsp3) is 0.292. The molecule has 0 atom stereocenters. The lowest BCUT2D eigenvalue weighted by atomic mass is 10.1. The molecule has 0 bridgehead atoms. The normalized spacial score (nSPS) is 10.6. The van der Waals surface area contributed by atoms with E-state index in [-0.39, 0.29) is 25.5 Å². The van der Waals surface area contributed by atoms with E-state index < -0.39 is 11.9 Å². The first-order valence-corrected chi connectivity index (χ1v) is 10.2. The monoisotopic (exact) mass is 421 g/mol. The van der Waals surface area contributed by atoms with Gasteiger partial charge in [0.2, 0.25) is 5.91 Å². The number of para-hydroxylation sites is 1. The van der Waals surface area contributed by atoms with E-state index in [1.807, 2.05) is 49.5 Å². The molecule has 3 aromatic rings. The van der Waals surface area contributed by atoms with Crippen LogP contribution in [0.25, 0.3) is 10.9 Å². The average molecular weight is 421 g/mol. The Hall–Kier alpha value is -3.61. The molecule has 2 aromatic carbocycles. The smallest absolute Gasteiger partial charge is 0.306 e. The van der Waals surface area contributed by atoms with Gasteiger partial charge in [0, 0.05) is 36.3 Å². The lowest BCUT2D eigenvalue weighted by Crippen LogP contribution is -2.37. The molecule has 0 aliphatic rings. The lowest BCUT2D eigenvalue weighted by Gasteiger charge is -2.17. The summed E-state index contributed by atoms with van der Waals surface area (Å²) in [7, 11) is 1.50. The van der Waals surface area contributed by atoms with Crippen molar-refractivity contribution in [3.63, 3.8) is 0 Å². The van der Waals surface area contributed by atoms with E-state index in [9.17, 15) is 14.4 Å². The Morgan fingerprint density at radius 3 is 2.58 bits per heavy atom. The highest BCUT2D eigenvalue weighted by Gasteiger charge is 2.15. The highest BCUT2D eigenvalue weighted by Crippen LogP contribution is 2.19. The van der Waals surface area contributed by atoms with Gasteiger partial charge in [-0.2, -0.15) is 0 Å². The first-order valence-electron chi connectivity index (χ1n) is 10.2. The van der Waals surface area contributed by atoms with E-state index in [4.69, 9.17) is 4.74 Å². The number of esters is 1. The third-order valence-electron chi connectivity index (χ3n) is 5.00. The zero-order valence-electron chi connectivity index (χ0n) is 17.8. The van der Waals surface area contributed by atoms with Crippen molar-refractivity contribution < 1.29 is 19.1 Å². The molecule has 0 saturated carbocycles. The minimum Gasteiger partial charge on any atom is -0.456 e. The SMILES string of the molecule is Cc1ccc(NC(=O)CN(C)C(=O)COC(=O)CCCc2c[nH]c3ccccc23)cc1. The summed E-state index contributed by atoms with van der Waals surface area (Å²) >= 11 is 0. The third kappa shape index (κ3) is 6.44. The second kappa shape index (κ2) is 10.4. The second-order valence-electron chi connectivity index (χ2n) is 7.54. The van der Waals surface area contributed by atoms with Gasteiger partial charge in [0.15, 0.2) is 6.61 Å². The number of benzene rings is 2. The van der Waals surface area contributed by atoms with Gasteiger partial charge in [0.25, 0.3) is 5.91 Å². The highest BCUT2D eigenvalue weighted by molar-refractivity contribution is 5.94. The molecule has 2 amide bonds. The van der Waals surface area contributed by atoms with E-state index in [0.29, 0.717) is 12.1 Å². The van der Waals surface area contributed by atoms with Gasteiger partial charge in [0.05, 0.1) is 6.54 Å². The Labute approximate surface area is 181 Å². The Kier molecular flexibility index (Phi) is 7.43. The number of aryl methyl sites for hydroxylation is 2. The molecule has 1 aromatic heterocycles. The predicted molar refractivity (Wildman–Crippen MR) is 120 cm³/mol. The molecule has 0 saturated heterocycles. The van der Waals surface area contributed by atoms with Gasteiger partial charge in [-0.25, -0.2) is 0 Å². The number of fused-ring (bicyclic) bond motifs is 1. The van der Waals surface area contributed by atoms with Gasteiger partial charge in [-0.1, -0.05) is 35.9 Å². The number of rotatable bonds is 9. The van der Waals surface area contributed by atoms with Crippen molar-refractivity contribution in [1.82, 2.24) is 9.88 Å². The van der Waals surface area contributed by atoms with E-state index in [0.717, 1.165) is 28.5 Å². The number of ether oxygens (including phenoxy) is 1. The van der Waals surface area contributed by atoms with Crippen molar-refractivity contribution in [1.29, 1.82) is 0 Å². The van der Waals surface area contributed by atoms with Gasteiger partial charge in [-0.05, 0) is 43.5 Å². The Morgan fingerprint density at radius 2 is 1.81 bits per heavy atom. The summed E-state index contributed by atoms with van der Waals surface area (Å²) in [5, 5.41) is 3.88. The molecular formula is C24H27N3O4. The molecule has 0 spiro atoms. The maximum atomic E-state index is 12.2. The summed E-state index contributed by atoms with van der Waals surface area (Å²) < 4.78 is 5.08. The summed E-state index contributed by atoms with van der Waals surface area (Å²) in [4.78, 5) is 40.7. The Morgan fingerprint density at radius 1 is 1.06 bits per heavy atom. The molecule has 7 heteroatoms. The Balaban J connectivity index is 1.35. The third-order valence-corrected chi connectivity index (χ3v) is 5.00. The highest BCUT2D eigenvalue weighted by atomic mass is 16.5. The lowest BCUT2D eigenvalue weighted by molar-refractivity contribution is -0.151. The number of hydrogen-bond donors (Lipinski definition) is 2. The van der Waals surface area contributed by atoms with Crippen molar-refractivity contribution >= 4 is 34.4 Å². The van der Waals surface area contributed by atoms with Crippen LogP contribution < -0.4 is 5.32 Å². The van der Waals surface area contributed by atoms with Crippen molar-refractivity contribution in [2.75, 3.05) is 25.5 Å². The Bertz CT molecular complexity index is 1060. The maximum Gasteiger partial charge on any atom is 0.306 e. The van der Waals surface area contributed by atoms with Gasteiger partial charge in [-0.15, -0.1) is 0 Å². The fourth-order valence-corrected chi connectivity index (χ4v) is 3.23. The van der Waals surface area contributed by atoms with Gasteiger partial charge < -0.3 is 19.9 Å². The number of aromatic amines is 1. The second-order valence-corrected chi connectivity index (χ2v) is 7.54. The minimum atomic E-state index is -0.427. The number of likely N-dealkylation sites (N-methyl/N-ethyl adjacent to an activating group) is 1. The topological polar surface area (TPSA) is 91.5 Å². The number of carbonyl (C=O) groups excluding carboxylic acids is 3. The number of nitrogens with zero attached hydrogens (tertiary/aromatic N) is 1. The quantitative estimate of drug-likeness (QED) is 0.518. The standard InChI is InChI=1S/C24H27N3O4/c1-17-10-12-19(13-11-17)26-22(28)15-27(2)23(29)16-31-24(30)9-5-6-18-14-25-21-8-4-3-7-20(18)21/h3-4,7-8,10-14,25H,5-6,9,15-16H2,1-2H3,(H,26,28). The molecule has 0 radical (unpaired) electrons. The number of carbonyl (C=O) groups is 3. The number of hydrogen-bond acceptors (Lipinski definition) is 4. The van der Waals surface area contributed by atoms with Crippen LogP contribution in [0.4, 0.5) is 5.69 Å². The summed E-state index contributed by atoms with van der Waals surface area (Å²) in [5.41, 5.74) is 3.98. The summed E-state index contributed by atoms with van der Waals surface area (Å²) in [6.45, 7) is 1.46. The summed E-state index contributed by atoms with van der Waals surface area (Å²) in [6, 6.07) is 15.4. The molecule has 0 aliphatic heterocycles. The molecule has 0 fully saturated rings. The molecule has 31 heavy (non-hydrogen) atoms. The van der Waals surface area contributed by atoms with Crippen LogP contribution in [-0.2, 0) is 25.5 Å². The minimum absolute atomic E-state index is 0.120. The van der Waals surface area contributed by atoms with Crippen LogP contribution in [0.15, 0.2) is 54.7 Å². The van der Waals surface area contributed by atoms with Crippen molar-refractivity contribution in [3.8, 4) is 0 Å². The molecule has 0 unspecified atom stereocenters. The predicted octanol–water partition coefficient (Wildman–Crippen LogP) is 3.44. The number of nitrogens with one attached hydrogen (secondary N) is 2. The molecular weight excluding hydrogens is 394 g/mol. The van der Waals surface area contributed by atoms with Crippen LogP contribution in [0.2, 0.25) is 0 Å². The average Bonchev–Trinajstić information content (AvgIpc) is 3.16.